The summed E-state index contributed by atoms with van der Waals surface area (Å²) < 4.78 is 0. The van der Waals surface area contributed by atoms with Crippen LogP contribution in [0.3, 0.4) is 0 Å². The number of thiazole rings is 1. The van der Waals surface area contributed by atoms with Gasteiger partial charge in [0.1, 0.15) is 5.00 Å². The van der Waals surface area contributed by atoms with E-state index in [0.717, 1.165) is 38.3 Å². The monoisotopic (exact) mass is 425 g/mol. The average molecular weight is 426 g/mol. The first-order valence-corrected chi connectivity index (χ1v) is 10.6. The van der Waals surface area contributed by atoms with Crippen LogP contribution in [-0.2, 0) is 4.79 Å². The Morgan fingerprint density at radius 3 is 2.57 bits per heavy atom. The number of nitrogens with one attached hydrogen (secondary N) is 3. The minimum Gasteiger partial charge on any atom is -0.372 e. The van der Waals surface area contributed by atoms with E-state index in [4.69, 9.17) is 5.73 Å². The molecular weight excluding hydrogens is 402 g/mol. The minimum atomic E-state index is -0.692. The van der Waals surface area contributed by atoms with Gasteiger partial charge in [-0.25, -0.2) is 4.98 Å². The number of rotatable bonds is 6. The van der Waals surface area contributed by atoms with Crippen molar-refractivity contribution in [3.63, 3.8) is 0 Å². The standard InChI is InChI=1S/C20H23N7O2S/c21-17(28)16-19(30-20(25-16)24-14-5-7-22-8-6-14)26-18(29)13-1-3-15(4-2-13)27-11-9-23-10-12-27/h1,3,5-8,23H,2,4,9-12H2,(H2,21,28)(H,26,29)(H,22,24,25). The van der Waals surface area contributed by atoms with Gasteiger partial charge in [0.05, 0.1) is 0 Å². The maximum absolute atomic E-state index is 12.8. The molecule has 1 saturated heterocycles. The molecule has 1 aliphatic heterocycles. The summed E-state index contributed by atoms with van der Waals surface area (Å²) >= 11 is 1.17. The van der Waals surface area contributed by atoms with E-state index in [1.165, 1.54) is 17.0 Å². The minimum absolute atomic E-state index is 0.0402. The SMILES string of the molecule is NC(=O)c1nc(Nc2ccncc2)sc1NC(=O)C1=CC=C(N2CCNCC2)CC1. The lowest BCUT2D eigenvalue weighted by Crippen LogP contribution is -2.43. The second-order valence-corrected chi connectivity index (χ2v) is 7.96. The lowest BCUT2D eigenvalue weighted by atomic mass is 10.0. The number of allylic oxidation sites excluding steroid dienone is 3. The zero-order valence-electron chi connectivity index (χ0n) is 16.4. The second kappa shape index (κ2) is 9.06. The van der Waals surface area contributed by atoms with Crippen molar-refractivity contribution >= 4 is 39.0 Å². The van der Waals surface area contributed by atoms with Crippen LogP contribution in [0.1, 0.15) is 23.3 Å². The molecule has 9 nitrogen and oxygen atoms in total. The first-order valence-electron chi connectivity index (χ1n) is 9.74. The Morgan fingerprint density at radius 2 is 1.90 bits per heavy atom. The van der Waals surface area contributed by atoms with E-state index < -0.39 is 5.91 Å². The van der Waals surface area contributed by atoms with Crippen molar-refractivity contribution in [3.05, 3.63) is 53.6 Å². The van der Waals surface area contributed by atoms with E-state index in [2.05, 4.69) is 30.8 Å². The molecule has 0 aromatic carbocycles. The van der Waals surface area contributed by atoms with Crippen LogP contribution in [-0.4, -0.2) is 52.9 Å². The van der Waals surface area contributed by atoms with Crippen molar-refractivity contribution in [1.82, 2.24) is 20.2 Å². The fourth-order valence-corrected chi connectivity index (χ4v) is 4.28. The molecule has 3 heterocycles. The van der Waals surface area contributed by atoms with E-state index in [1.807, 2.05) is 12.2 Å². The van der Waals surface area contributed by atoms with Crippen LogP contribution < -0.4 is 21.7 Å². The van der Waals surface area contributed by atoms with E-state index in [0.29, 0.717) is 22.1 Å². The number of hydrogen-bond donors (Lipinski definition) is 4. The summed E-state index contributed by atoms with van der Waals surface area (Å²) in [6, 6.07) is 3.55. The predicted octanol–water partition coefficient (Wildman–Crippen LogP) is 1.83. The molecule has 2 aromatic rings. The van der Waals surface area contributed by atoms with Crippen LogP contribution in [0, 0.1) is 0 Å². The number of primary amides is 1. The Kier molecular flexibility index (Phi) is 6.05. The lowest BCUT2D eigenvalue weighted by molar-refractivity contribution is -0.113. The molecule has 0 atom stereocenters. The molecule has 30 heavy (non-hydrogen) atoms. The summed E-state index contributed by atoms with van der Waals surface area (Å²) in [4.78, 5) is 35.1. The zero-order valence-corrected chi connectivity index (χ0v) is 17.2. The highest BCUT2D eigenvalue weighted by atomic mass is 32.1. The van der Waals surface area contributed by atoms with E-state index >= 15 is 0 Å². The van der Waals surface area contributed by atoms with Gasteiger partial charge in [-0.3, -0.25) is 14.6 Å². The quantitative estimate of drug-likeness (QED) is 0.556. The number of pyridine rings is 1. The topological polar surface area (TPSA) is 125 Å². The smallest absolute Gasteiger partial charge is 0.270 e. The molecule has 0 radical (unpaired) electrons. The normalized spacial score (nSPS) is 16.5. The van der Waals surface area contributed by atoms with Gasteiger partial charge in [0, 0.05) is 55.5 Å². The summed E-state index contributed by atoms with van der Waals surface area (Å²) in [5, 5.41) is 10.0. The Hall–Kier alpha value is -3.24. The van der Waals surface area contributed by atoms with Crippen LogP contribution in [0.5, 0.6) is 0 Å². The molecule has 0 spiro atoms. The van der Waals surface area contributed by atoms with Gasteiger partial charge in [-0.2, -0.15) is 0 Å². The molecule has 2 amide bonds. The maximum atomic E-state index is 12.8. The first kappa shape index (κ1) is 20.0. The Balaban J connectivity index is 1.46. The van der Waals surface area contributed by atoms with Gasteiger partial charge in [-0.05, 0) is 31.1 Å². The number of aromatic nitrogens is 2. The summed E-state index contributed by atoms with van der Waals surface area (Å²) in [5.74, 6) is -0.935. The Bertz CT molecular complexity index is 994. The van der Waals surface area contributed by atoms with Crippen molar-refractivity contribution in [2.75, 3.05) is 36.8 Å². The van der Waals surface area contributed by atoms with Crippen LogP contribution in [0.25, 0.3) is 0 Å². The fourth-order valence-electron chi connectivity index (χ4n) is 3.40. The second-order valence-electron chi connectivity index (χ2n) is 6.96. The highest BCUT2D eigenvalue weighted by Crippen LogP contribution is 2.31. The molecule has 0 unspecified atom stereocenters. The van der Waals surface area contributed by atoms with Gasteiger partial charge >= 0.3 is 0 Å². The van der Waals surface area contributed by atoms with Crippen molar-refractivity contribution < 1.29 is 9.59 Å². The van der Waals surface area contributed by atoms with Gasteiger partial charge < -0.3 is 26.6 Å². The average Bonchev–Trinajstić information content (AvgIpc) is 3.17. The highest BCUT2D eigenvalue weighted by Gasteiger charge is 2.22. The molecule has 5 N–H and O–H groups in total. The number of carbonyl (C=O) groups excluding carboxylic acids is 2. The Labute approximate surface area is 178 Å². The number of hydrogen-bond acceptors (Lipinski definition) is 8. The predicted molar refractivity (Wildman–Crippen MR) is 117 cm³/mol. The number of piperazine rings is 1. The Morgan fingerprint density at radius 1 is 1.13 bits per heavy atom. The third-order valence-corrected chi connectivity index (χ3v) is 5.85. The summed E-state index contributed by atoms with van der Waals surface area (Å²) in [6.45, 7) is 3.92. The molecule has 0 saturated carbocycles. The first-order chi connectivity index (χ1) is 14.6. The molecule has 1 aliphatic carbocycles. The van der Waals surface area contributed by atoms with Crippen LogP contribution in [0.4, 0.5) is 15.8 Å². The number of anilines is 3. The van der Waals surface area contributed by atoms with Crippen LogP contribution in [0.15, 0.2) is 47.9 Å². The van der Waals surface area contributed by atoms with E-state index in [1.54, 1.807) is 24.5 Å². The highest BCUT2D eigenvalue weighted by molar-refractivity contribution is 7.20. The largest absolute Gasteiger partial charge is 0.372 e. The van der Waals surface area contributed by atoms with Gasteiger partial charge in [0.2, 0.25) is 0 Å². The van der Waals surface area contributed by atoms with Gasteiger partial charge in [0.25, 0.3) is 11.8 Å². The molecule has 10 heteroatoms. The molecule has 0 bridgehead atoms. The van der Waals surface area contributed by atoms with Crippen molar-refractivity contribution in [3.8, 4) is 0 Å². The van der Waals surface area contributed by atoms with Gasteiger partial charge in [-0.1, -0.05) is 17.4 Å². The number of carbonyl (C=O) groups is 2. The molecule has 2 aromatic heterocycles. The molecule has 1 fully saturated rings. The summed E-state index contributed by atoms with van der Waals surface area (Å²) in [6.07, 6.45) is 8.63. The van der Waals surface area contributed by atoms with Gasteiger partial charge in [0.15, 0.2) is 10.8 Å². The van der Waals surface area contributed by atoms with Crippen LogP contribution in [0.2, 0.25) is 0 Å². The van der Waals surface area contributed by atoms with E-state index in [-0.39, 0.29) is 11.6 Å². The molecular formula is C20H23N7O2S. The zero-order chi connectivity index (χ0) is 20.9. The summed E-state index contributed by atoms with van der Waals surface area (Å²) in [7, 11) is 0. The lowest BCUT2D eigenvalue weighted by Gasteiger charge is -2.32. The number of amides is 2. The third-order valence-electron chi connectivity index (χ3n) is 4.96. The fraction of sp³-hybridized carbons (Fsp3) is 0.300. The third kappa shape index (κ3) is 4.66. The van der Waals surface area contributed by atoms with Crippen molar-refractivity contribution in [1.29, 1.82) is 0 Å². The number of nitrogens with zero attached hydrogens (tertiary/aromatic N) is 3. The molecule has 4 rings (SSSR count). The molecule has 2 aliphatic rings. The van der Waals surface area contributed by atoms with Crippen molar-refractivity contribution in [2.45, 2.75) is 12.8 Å². The van der Waals surface area contributed by atoms with Crippen LogP contribution >= 0.6 is 11.3 Å². The molecule has 156 valence electrons. The van der Waals surface area contributed by atoms with Crippen molar-refractivity contribution in [2.24, 2.45) is 5.73 Å². The number of nitrogens with two attached hydrogens (primary N) is 1. The van der Waals surface area contributed by atoms with Gasteiger partial charge in [-0.15, -0.1) is 0 Å². The maximum Gasteiger partial charge on any atom is 0.270 e. The van der Waals surface area contributed by atoms with E-state index in [9.17, 15) is 9.59 Å². The summed E-state index contributed by atoms with van der Waals surface area (Å²) in [5.41, 5.74) is 8.19.